The zero-order chi connectivity index (χ0) is 26.6. The second-order valence-electron chi connectivity index (χ2n) is 7.78. The van der Waals surface area contributed by atoms with E-state index in [1.54, 1.807) is 24.3 Å². The average molecular weight is 511 g/mol. The Bertz CT molecular complexity index is 986. The van der Waals surface area contributed by atoms with E-state index in [1.807, 2.05) is 0 Å². The minimum atomic E-state index is -5.14. The second kappa shape index (κ2) is 14.1. The molecule has 2 rings (SSSR count). The van der Waals surface area contributed by atoms with E-state index < -0.39 is 30.2 Å². The van der Waals surface area contributed by atoms with Crippen LogP contribution in [-0.4, -0.2) is 43.4 Å². The van der Waals surface area contributed by atoms with E-state index in [0.717, 1.165) is 25.0 Å². The highest BCUT2D eigenvalue weighted by Crippen LogP contribution is 2.25. The van der Waals surface area contributed by atoms with Crippen molar-refractivity contribution in [2.45, 2.75) is 58.2 Å². The van der Waals surface area contributed by atoms with Gasteiger partial charge in [-0.2, -0.15) is 13.2 Å². The van der Waals surface area contributed by atoms with Gasteiger partial charge in [-0.05, 0) is 61.9 Å². The van der Waals surface area contributed by atoms with Crippen LogP contribution in [0.4, 0.5) is 13.2 Å². The molecule has 0 aliphatic rings. The average Bonchev–Trinajstić information content (AvgIpc) is 2.85. The molecule has 2 aromatic rings. The highest BCUT2D eigenvalue weighted by atomic mass is 19.4. The van der Waals surface area contributed by atoms with Crippen LogP contribution in [0.15, 0.2) is 48.5 Å². The van der Waals surface area contributed by atoms with Gasteiger partial charge in [0.2, 0.25) is 0 Å². The summed E-state index contributed by atoms with van der Waals surface area (Å²) >= 11 is 0. The number of rotatable bonds is 13. The third-order valence-electron chi connectivity index (χ3n) is 4.93. The summed E-state index contributed by atoms with van der Waals surface area (Å²) in [5, 5.41) is 0. The second-order valence-corrected chi connectivity index (χ2v) is 7.78. The summed E-state index contributed by atoms with van der Waals surface area (Å²) in [6, 6.07) is 11.1. The Kier molecular flexibility index (Phi) is 11.2. The van der Waals surface area contributed by atoms with Crippen molar-refractivity contribution < 1.29 is 46.5 Å². The van der Waals surface area contributed by atoms with E-state index in [4.69, 9.17) is 9.47 Å². The van der Waals surface area contributed by atoms with E-state index >= 15 is 0 Å². The van der Waals surface area contributed by atoms with Gasteiger partial charge in [0.05, 0.1) is 24.3 Å². The Morgan fingerprint density at radius 2 is 1.33 bits per heavy atom. The summed E-state index contributed by atoms with van der Waals surface area (Å²) in [7, 11) is 0. The molecule has 36 heavy (non-hydrogen) atoms. The number of alkyl halides is 3. The molecule has 1 atom stereocenters. The van der Waals surface area contributed by atoms with Crippen molar-refractivity contribution in [1.29, 1.82) is 0 Å². The Morgan fingerprint density at radius 1 is 0.778 bits per heavy atom. The van der Waals surface area contributed by atoms with Crippen molar-refractivity contribution in [2.24, 2.45) is 0 Å². The van der Waals surface area contributed by atoms with Crippen molar-refractivity contribution in [2.75, 3.05) is 13.2 Å². The molecule has 0 aliphatic heterocycles. The highest BCUT2D eigenvalue weighted by molar-refractivity contribution is 5.95. The van der Waals surface area contributed by atoms with Gasteiger partial charge in [-0.25, -0.2) is 14.4 Å². The zero-order valence-corrected chi connectivity index (χ0v) is 20.1. The van der Waals surface area contributed by atoms with Gasteiger partial charge in [0.1, 0.15) is 11.5 Å². The summed E-state index contributed by atoms with van der Waals surface area (Å²) in [5.41, 5.74) is -0.238. The third-order valence-corrected chi connectivity index (χ3v) is 4.93. The van der Waals surface area contributed by atoms with Gasteiger partial charge in [-0.1, -0.05) is 32.6 Å². The SMILES string of the molecule is CCCCCCCOc1ccc(OC(=O)c2ccc(C(=O)OC(C(=O)OCC)C(F)(F)F)cc2)cc1. The van der Waals surface area contributed by atoms with Crippen LogP contribution in [0.25, 0.3) is 0 Å². The van der Waals surface area contributed by atoms with Crippen LogP contribution in [0.2, 0.25) is 0 Å². The summed E-state index contributed by atoms with van der Waals surface area (Å²) < 4.78 is 58.7. The molecule has 196 valence electrons. The standard InChI is InChI=1S/C26H29F3O7/c1-3-5-6-7-8-17-34-20-13-15-21(16-14-20)35-23(30)18-9-11-19(12-10-18)24(31)36-22(26(27,28)29)25(32)33-4-2/h9-16,22H,3-8,17H2,1-2H3. The molecule has 0 saturated carbocycles. The van der Waals surface area contributed by atoms with Gasteiger partial charge < -0.3 is 18.9 Å². The van der Waals surface area contributed by atoms with E-state index in [0.29, 0.717) is 12.4 Å². The molecule has 0 fully saturated rings. The highest BCUT2D eigenvalue weighted by Gasteiger charge is 2.49. The molecule has 0 aliphatic carbocycles. The van der Waals surface area contributed by atoms with E-state index in [1.165, 1.54) is 38.3 Å². The first-order chi connectivity index (χ1) is 17.2. The molecule has 1 unspecified atom stereocenters. The van der Waals surface area contributed by atoms with Crippen LogP contribution in [0.1, 0.15) is 66.7 Å². The lowest BCUT2D eigenvalue weighted by Gasteiger charge is -2.18. The van der Waals surface area contributed by atoms with Crippen molar-refractivity contribution in [3.63, 3.8) is 0 Å². The van der Waals surface area contributed by atoms with Gasteiger partial charge in [0.15, 0.2) is 0 Å². The quantitative estimate of drug-likeness (QED) is 0.188. The zero-order valence-electron chi connectivity index (χ0n) is 20.1. The number of carbonyl (C=O) groups is 3. The maximum Gasteiger partial charge on any atom is 0.436 e. The molecule has 0 saturated heterocycles. The minimum absolute atomic E-state index is 0.0525. The largest absolute Gasteiger partial charge is 0.494 e. The summed E-state index contributed by atoms with van der Waals surface area (Å²) in [4.78, 5) is 36.0. The number of halogens is 3. The van der Waals surface area contributed by atoms with Gasteiger partial charge >= 0.3 is 24.1 Å². The minimum Gasteiger partial charge on any atom is -0.494 e. The Morgan fingerprint density at radius 3 is 1.89 bits per heavy atom. The van der Waals surface area contributed by atoms with Gasteiger partial charge in [0, 0.05) is 0 Å². The Labute approximate surface area is 207 Å². The number of hydrogen-bond donors (Lipinski definition) is 0. The molecule has 0 N–H and O–H groups in total. The number of carbonyl (C=O) groups excluding carboxylic acids is 3. The van der Waals surface area contributed by atoms with Crippen LogP contribution in [0.3, 0.4) is 0 Å². The van der Waals surface area contributed by atoms with Crippen molar-refractivity contribution in [3.8, 4) is 11.5 Å². The molecule has 0 aromatic heterocycles. The molecule has 0 bridgehead atoms. The first kappa shape index (κ1) is 28.7. The fourth-order valence-corrected chi connectivity index (χ4v) is 3.05. The predicted molar refractivity (Wildman–Crippen MR) is 124 cm³/mol. The smallest absolute Gasteiger partial charge is 0.436 e. The molecule has 0 spiro atoms. The van der Waals surface area contributed by atoms with Crippen LogP contribution < -0.4 is 9.47 Å². The van der Waals surface area contributed by atoms with Crippen LogP contribution in [0.5, 0.6) is 11.5 Å². The summed E-state index contributed by atoms with van der Waals surface area (Å²) in [5.74, 6) is -2.94. The van der Waals surface area contributed by atoms with Gasteiger partial charge in [-0.15, -0.1) is 0 Å². The third kappa shape index (κ3) is 9.24. The molecule has 0 amide bonds. The summed E-state index contributed by atoms with van der Waals surface area (Å²) in [6.45, 7) is 3.77. The molecule has 0 heterocycles. The number of esters is 3. The molecule has 7 nitrogen and oxygen atoms in total. The number of unbranched alkanes of at least 4 members (excludes halogenated alkanes) is 4. The van der Waals surface area contributed by atoms with Crippen LogP contribution in [0, 0.1) is 0 Å². The topological polar surface area (TPSA) is 88.1 Å². The first-order valence-corrected chi connectivity index (χ1v) is 11.6. The Hall–Kier alpha value is -3.56. The fourth-order valence-electron chi connectivity index (χ4n) is 3.05. The van der Waals surface area contributed by atoms with E-state index in [2.05, 4.69) is 16.4 Å². The maximum absolute atomic E-state index is 13.0. The number of benzene rings is 2. The molecule has 2 aromatic carbocycles. The lowest BCUT2D eigenvalue weighted by Crippen LogP contribution is -2.41. The number of ether oxygens (including phenoxy) is 4. The molecule has 10 heteroatoms. The molecular formula is C26H29F3O7. The van der Waals surface area contributed by atoms with Crippen molar-refractivity contribution >= 4 is 17.9 Å². The monoisotopic (exact) mass is 510 g/mol. The van der Waals surface area contributed by atoms with E-state index in [9.17, 15) is 27.6 Å². The van der Waals surface area contributed by atoms with Gasteiger partial charge in [0.25, 0.3) is 6.10 Å². The molecular weight excluding hydrogens is 481 g/mol. The molecule has 0 radical (unpaired) electrons. The Balaban J connectivity index is 1.90. The van der Waals surface area contributed by atoms with Gasteiger partial charge in [-0.3, -0.25) is 0 Å². The predicted octanol–water partition coefficient (Wildman–Crippen LogP) is 5.91. The number of hydrogen-bond acceptors (Lipinski definition) is 7. The van der Waals surface area contributed by atoms with Crippen LogP contribution in [-0.2, 0) is 14.3 Å². The van der Waals surface area contributed by atoms with E-state index in [-0.39, 0.29) is 23.5 Å². The fraction of sp³-hybridized carbons (Fsp3) is 0.423. The lowest BCUT2D eigenvalue weighted by molar-refractivity contribution is -0.218. The lowest BCUT2D eigenvalue weighted by atomic mass is 10.1. The van der Waals surface area contributed by atoms with Crippen molar-refractivity contribution in [1.82, 2.24) is 0 Å². The maximum atomic E-state index is 13.0. The van der Waals surface area contributed by atoms with Crippen LogP contribution >= 0.6 is 0 Å². The normalized spacial score (nSPS) is 11.9. The summed E-state index contributed by atoms with van der Waals surface area (Å²) in [6.07, 6.45) is -2.56. The first-order valence-electron chi connectivity index (χ1n) is 11.6. The van der Waals surface area contributed by atoms with Crippen molar-refractivity contribution in [3.05, 3.63) is 59.7 Å².